The third-order valence-corrected chi connectivity index (χ3v) is 4.52. The largest absolute Gasteiger partial charge is 0.489 e. The van der Waals surface area contributed by atoms with Crippen LogP contribution in [0.4, 0.5) is 0 Å². The van der Waals surface area contributed by atoms with Crippen molar-refractivity contribution in [3.05, 3.63) is 89.7 Å². The van der Waals surface area contributed by atoms with Gasteiger partial charge in [-0.2, -0.15) is 0 Å². The van der Waals surface area contributed by atoms with Crippen molar-refractivity contribution in [2.75, 3.05) is 0 Å². The number of benzene rings is 2. The topological polar surface area (TPSA) is 64.3 Å². The van der Waals surface area contributed by atoms with E-state index in [1.807, 2.05) is 65.2 Å². The van der Waals surface area contributed by atoms with Crippen molar-refractivity contribution in [3.8, 4) is 11.6 Å². The first kappa shape index (κ1) is 16.8. The average molecular weight is 358 g/mol. The number of carboxylic acids is 1. The number of aromatic carboxylic acids is 1. The van der Waals surface area contributed by atoms with Crippen molar-refractivity contribution in [2.24, 2.45) is 0 Å². The summed E-state index contributed by atoms with van der Waals surface area (Å²) in [4.78, 5) is 16.3. The summed E-state index contributed by atoms with van der Waals surface area (Å²) >= 11 is 0. The molecule has 0 amide bonds. The van der Waals surface area contributed by atoms with Gasteiger partial charge in [-0.3, -0.25) is 4.57 Å². The van der Waals surface area contributed by atoms with Gasteiger partial charge < -0.3 is 9.84 Å². The second-order valence-electron chi connectivity index (χ2n) is 6.24. The first-order chi connectivity index (χ1) is 13.1. The Bertz CT molecular complexity index is 1100. The summed E-state index contributed by atoms with van der Waals surface area (Å²) in [6, 6.07) is 20.9. The molecule has 5 heteroatoms. The summed E-state index contributed by atoms with van der Waals surface area (Å²) in [6.45, 7) is 2.22. The number of nitrogens with zero attached hydrogens (tertiary/aromatic N) is 2. The van der Waals surface area contributed by atoms with Gasteiger partial charge in [0.15, 0.2) is 0 Å². The molecule has 0 saturated heterocycles. The van der Waals surface area contributed by atoms with Crippen molar-refractivity contribution < 1.29 is 14.6 Å². The van der Waals surface area contributed by atoms with Crippen LogP contribution in [0, 0.1) is 6.92 Å². The molecule has 1 N–H and O–H groups in total. The van der Waals surface area contributed by atoms with Crippen LogP contribution in [0.25, 0.3) is 16.7 Å². The number of rotatable bonds is 5. The molecule has 0 radical (unpaired) electrons. The molecule has 0 aliphatic heterocycles. The molecule has 27 heavy (non-hydrogen) atoms. The highest BCUT2D eigenvalue weighted by Gasteiger charge is 2.21. The Morgan fingerprint density at radius 1 is 1.07 bits per heavy atom. The molecule has 0 fully saturated rings. The summed E-state index contributed by atoms with van der Waals surface area (Å²) < 4.78 is 7.73. The fourth-order valence-corrected chi connectivity index (χ4v) is 3.28. The molecular formula is C22H18N2O3. The van der Waals surface area contributed by atoms with Crippen molar-refractivity contribution in [1.29, 1.82) is 0 Å². The maximum atomic E-state index is 11.9. The minimum Gasteiger partial charge on any atom is -0.489 e. The number of hydrogen-bond donors (Lipinski definition) is 1. The molecule has 2 aromatic carbocycles. The number of ether oxygens (including phenoxy) is 1. The third-order valence-electron chi connectivity index (χ3n) is 4.52. The molecule has 0 atom stereocenters. The maximum Gasteiger partial charge on any atom is 0.338 e. The van der Waals surface area contributed by atoms with Gasteiger partial charge in [-0.05, 0) is 42.8 Å². The average Bonchev–Trinajstić information content (AvgIpc) is 2.99. The normalized spacial score (nSPS) is 10.9. The number of hydrogen-bond acceptors (Lipinski definition) is 3. The summed E-state index contributed by atoms with van der Waals surface area (Å²) in [5.41, 5.74) is 2.74. The Labute approximate surface area is 156 Å². The van der Waals surface area contributed by atoms with Crippen LogP contribution in [0.3, 0.4) is 0 Å². The highest BCUT2D eigenvalue weighted by Crippen LogP contribution is 2.31. The maximum absolute atomic E-state index is 11.9. The number of pyridine rings is 1. The zero-order valence-electron chi connectivity index (χ0n) is 14.8. The summed E-state index contributed by atoms with van der Waals surface area (Å²) in [7, 11) is 0. The molecule has 0 unspecified atom stereocenters. The van der Waals surface area contributed by atoms with Crippen LogP contribution >= 0.6 is 0 Å². The highest BCUT2D eigenvalue weighted by atomic mass is 16.5. The Morgan fingerprint density at radius 3 is 2.56 bits per heavy atom. The molecule has 4 rings (SSSR count). The Morgan fingerprint density at radius 2 is 1.85 bits per heavy atom. The Hall–Kier alpha value is -3.60. The van der Waals surface area contributed by atoms with E-state index in [2.05, 4.69) is 4.98 Å². The van der Waals surface area contributed by atoms with Crippen LogP contribution in [0.2, 0.25) is 0 Å². The van der Waals surface area contributed by atoms with Crippen molar-refractivity contribution in [3.63, 3.8) is 0 Å². The van der Waals surface area contributed by atoms with Crippen LogP contribution < -0.4 is 4.74 Å². The van der Waals surface area contributed by atoms with E-state index in [4.69, 9.17) is 4.74 Å². The van der Waals surface area contributed by atoms with E-state index in [9.17, 15) is 9.90 Å². The highest BCUT2D eigenvalue weighted by molar-refractivity contribution is 6.06. The van der Waals surface area contributed by atoms with Crippen LogP contribution in [-0.2, 0) is 6.61 Å². The zero-order chi connectivity index (χ0) is 18.8. The van der Waals surface area contributed by atoms with Crippen molar-refractivity contribution in [1.82, 2.24) is 9.55 Å². The number of aromatic nitrogens is 2. The van der Waals surface area contributed by atoms with E-state index in [0.29, 0.717) is 29.3 Å². The van der Waals surface area contributed by atoms with Crippen LogP contribution in [0.1, 0.15) is 21.6 Å². The van der Waals surface area contributed by atoms with Gasteiger partial charge in [-0.25, -0.2) is 9.78 Å². The molecule has 0 aliphatic rings. The first-order valence-corrected chi connectivity index (χ1v) is 8.61. The van der Waals surface area contributed by atoms with Gasteiger partial charge in [0.2, 0.25) is 0 Å². The van der Waals surface area contributed by atoms with E-state index in [1.165, 1.54) is 0 Å². The monoisotopic (exact) mass is 358 g/mol. The van der Waals surface area contributed by atoms with Gasteiger partial charge in [-0.1, -0.05) is 36.4 Å². The van der Waals surface area contributed by atoms with Crippen LogP contribution in [0.5, 0.6) is 5.75 Å². The van der Waals surface area contributed by atoms with Crippen LogP contribution in [0.15, 0.2) is 72.9 Å². The number of carboxylic acid groups (broad SMARTS) is 1. The van der Waals surface area contributed by atoms with Crippen molar-refractivity contribution >= 4 is 16.9 Å². The minimum absolute atomic E-state index is 0.265. The molecule has 0 bridgehead atoms. The van der Waals surface area contributed by atoms with Crippen molar-refractivity contribution in [2.45, 2.75) is 13.5 Å². The molecule has 5 nitrogen and oxygen atoms in total. The Kier molecular flexibility index (Phi) is 4.34. The first-order valence-electron chi connectivity index (χ1n) is 8.61. The molecule has 0 aliphatic carbocycles. The Balaban J connectivity index is 1.79. The smallest absolute Gasteiger partial charge is 0.338 e. The molecule has 134 valence electrons. The SMILES string of the molecule is Cc1c(C(=O)O)c2cc(OCc3ccccc3)ccc2n1-c1ccccn1. The fourth-order valence-electron chi connectivity index (χ4n) is 3.28. The lowest BCUT2D eigenvalue weighted by molar-refractivity contribution is 0.0698. The van der Waals surface area contributed by atoms with E-state index >= 15 is 0 Å². The molecule has 0 saturated carbocycles. The fraction of sp³-hybridized carbons (Fsp3) is 0.0909. The predicted octanol–water partition coefficient (Wildman–Crippen LogP) is 4.61. The van der Waals surface area contributed by atoms with E-state index in [-0.39, 0.29) is 5.56 Å². The molecule has 2 aromatic heterocycles. The van der Waals surface area contributed by atoms with E-state index in [1.54, 1.807) is 19.2 Å². The summed E-state index contributed by atoms with van der Waals surface area (Å²) in [5.74, 6) is 0.352. The summed E-state index contributed by atoms with van der Waals surface area (Å²) in [5, 5.41) is 10.4. The van der Waals surface area contributed by atoms with Gasteiger partial charge in [-0.15, -0.1) is 0 Å². The lowest BCUT2D eigenvalue weighted by Crippen LogP contribution is -2.02. The molecular weight excluding hydrogens is 340 g/mol. The quantitative estimate of drug-likeness (QED) is 0.566. The number of fused-ring (bicyclic) bond motifs is 1. The second kappa shape index (κ2) is 6.96. The standard InChI is InChI=1S/C22H18N2O3/c1-15-21(22(25)26)18-13-17(27-14-16-7-3-2-4-8-16)10-11-19(18)24(15)20-9-5-6-12-23-20/h2-13H,14H2,1H3,(H,25,26). The minimum atomic E-state index is -0.965. The van der Waals surface area contributed by atoms with Gasteiger partial charge in [0.05, 0.1) is 11.1 Å². The van der Waals surface area contributed by atoms with Gasteiger partial charge in [0, 0.05) is 17.3 Å². The molecule has 2 heterocycles. The van der Waals surface area contributed by atoms with Gasteiger partial charge in [0.1, 0.15) is 18.2 Å². The number of carbonyl (C=O) groups is 1. The van der Waals surface area contributed by atoms with E-state index < -0.39 is 5.97 Å². The van der Waals surface area contributed by atoms with Crippen LogP contribution in [-0.4, -0.2) is 20.6 Å². The lowest BCUT2D eigenvalue weighted by atomic mass is 10.1. The predicted molar refractivity (Wildman–Crippen MR) is 104 cm³/mol. The molecule has 4 aromatic rings. The lowest BCUT2D eigenvalue weighted by Gasteiger charge is -2.08. The molecule has 0 spiro atoms. The third kappa shape index (κ3) is 3.15. The second-order valence-corrected chi connectivity index (χ2v) is 6.24. The van der Waals surface area contributed by atoms with Gasteiger partial charge in [0.25, 0.3) is 0 Å². The van der Waals surface area contributed by atoms with E-state index in [0.717, 1.165) is 11.1 Å². The zero-order valence-corrected chi connectivity index (χ0v) is 14.8. The van der Waals surface area contributed by atoms with Gasteiger partial charge >= 0.3 is 5.97 Å². The summed E-state index contributed by atoms with van der Waals surface area (Å²) in [6.07, 6.45) is 1.69.